The van der Waals surface area contributed by atoms with Crippen molar-refractivity contribution in [3.05, 3.63) is 59.8 Å². The first-order chi connectivity index (χ1) is 15.7. The number of pyridine rings is 1. The van der Waals surface area contributed by atoms with Crippen LogP contribution < -0.4 is 15.5 Å². The highest BCUT2D eigenvalue weighted by molar-refractivity contribution is 6.07. The Bertz CT molecular complexity index is 955. The molecule has 0 saturated carbocycles. The Morgan fingerprint density at radius 2 is 1.82 bits per heavy atom. The molecule has 33 heavy (non-hydrogen) atoms. The lowest BCUT2D eigenvalue weighted by Gasteiger charge is -2.27. The number of anilines is 2. The van der Waals surface area contributed by atoms with Crippen LogP contribution in [0.1, 0.15) is 28.9 Å². The van der Waals surface area contributed by atoms with Gasteiger partial charge in [-0.25, -0.2) is 9.78 Å². The summed E-state index contributed by atoms with van der Waals surface area (Å²) in [5.74, 6) is 0.752. The second-order valence-corrected chi connectivity index (χ2v) is 7.77. The maximum absolute atomic E-state index is 12.5. The van der Waals surface area contributed by atoms with Crippen molar-refractivity contribution in [2.24, 2.45) is 0 Å². The Balaban J connectivity index is 0.00000306. The van der Waals surface area contributed by atoms with Crippen LogP contribution in [0.3, 0.4) is 0 Å². The van der Waals surface area contributed by atoms with Gasteiger partial charge in [0, 0.05) is 24.3 Å². The maximum Gasteiger partial charge on any atom is 0.411 e. The smallest absolute Gasteiger partial charge is 0.411 e. The fraction of sp³-hybridized carbons (Fsp3) is 0.375. The third kappa shape index (κ3) is 7.28. The number of benzene rings is 1. The molecule has 0 unspecified atom stereocenters. The van der Waals surface area contributed by atoms with E-state index in [-0.39, 0.29) is 24.3 Å². The summed E-state index contributed by atoms with van der Waals surface area (Å²) in [5.41, 5.74) is 1.84. The summed E-state index contributed by atoms with van der Waals surface area (Å²) < 4.78 is 10.8. The average molecular weight is 473 g/mol. The van der Waals surface area contributed by atoms with Gasteiger partial charge in [-0.15, -0.1) is 12.4 Å². The summed E-state index contributed by atoms with van der Waals surface area (Å²) in [6.07, 6.45) is 4.34. The second kappa shape index (κ2) is 12.3. The summed E-state index contributed by atoms with van der Waals surface area (Å²) in [6.45, 7) is 4.72. The molecule has 8 nitrogen and oxygen atoms in total. The van der Waals surface area contributed by atoms with E-state index in [4.69, 9.17) is 9.47 Å². The Labute approximate surface area is 199 Å². The number of aromatic nitrogens is 1. The quantitative estimate of drug-likeness (QED) is 0.490. The van der Waals surface area contributed by atoms with Crippen LogP contribution in [0.4, 0.5) is 16.3 Å². The van der Waals surface area contributed by atoms with Crippen LogP contribution in [-0.4, -0.2) is 62.4 Å². The lowest BCUT2D eigenvalue weighted by Crippen LogP contribution is -2.36. The van der Waals surface area contributed by atoms with Crippen LogP contribution in [0, 0.1) is 0 Å². The third-order valence-corrected chi connectivity index (χ3v) is 5.47. The van der Waals surface area contributed by atoms with Crippen molar-refractivity contribution < 1.29 is 19.1 Å². The first kappa shape index (κ1) is 24.7. The number of carbonyl (C=O) groups excluding carboxylic acids is 2. The van der Waals surface area contributed by atoms with Crippen molar-refractivity contribution in [1.82, 2.24) is 10.3 Å². The molecule has 0 spiro atoms. The molecule has 0 bridgehead atoms. The molecule has 9 heteroatoms. The monoisotopic (exact) mass is 472 g/mol. The van der Waals surface area contributed by atoms with Crippen molar-refractivity contribution in [2.45, 2.75) is 18.9 Å². The van der Waals surface area contributed by atoms with E-state index in [0.29, 0.717) is 24.5 Å². The van der Waals surface area contributed by atoms with Gasteiger partial charge in [0.2, 0.25) is 0 Å². The lowest BCUT2D eigenvalue weighted by molar-refractivity contribution is 0.0908. The zero-order valence-corrected chi connectivity index (χ0v) is 19.2. The summed E-state index contributed by atoms with van der Waals surface area (Å²) >= 11 is 0. The Hall–Kier alpha value is -2.94. The minimum atomic E-state index is -0.470. The van der Waals surface area contributed by atoms with Gasteiger partial charge in [0.05, 0.1) is 18.9 Å². The van der Waals surface area contributed by atoms with Crippen LogP contribution in [0.2, 0.25) is 0 Å². The zero-order chi connectivity index (χ0) is 22.2. The molecular formula is C24H29ClN4O4. The number of halogens is 1. The largest absolute Gasteiger partial charge is 0.446 e. The van der Waals surface area contributed by atoms with Crippen LogP contribution in [0.25, 0.3) is 6.08 Å². The van der Waals surface area contributed by atoms with Crippen LogP contribution >= 0.6 is 12.4 Å². The number of morpholine rings is 1. The molecule has 1 aromatic heterocycles. The highest BCUT2D eigenvalue weighted by atomic mass is 35.5. The van der Waals surface area contributed by atoms with Gasteiger partial charge >= 0.3 is 6.09 Å². The summed E-state index contributed by atoms with van der Waals surface area (Å²) in [5, 5.41) is 5.95. The van der Waals surface area contributed by atoms with E-state index < -0.39 is 6.09 Å². The van der Waals surface area contributed by atoms with Gasteiger partial charge in [-0.05, 0) is 74.5 Å². The van der Waals surface area contributed by atoms with Crippen molar-refractivity contribution >= 4 is 41.9 Å². The Morgan fingerprint density at radius 3 is 2.55 bits per heavy atom. The van der Waals surface area contributed by atoms with E-state index in [2.05, 4.69) is 20.5 Å². The SMILES string of the molecule is Cl.O=C(Nc1ccc(C(=O)C=Cc2cccc(N3CCOCC3)n2)cc1)OC1CCNCC1. The number of carbonyl (C=O) groups is 2. The molecule has 0 radical (unpaired) electrons. The molecule has 2 aliphatic heterocycles. The maximum atomic E-state index is 12.5. The second-order valence-electron chi connectivity index (χ2n) is 7.77. The predicted molar refractivity (Wildman–Crippen MR) is 130 cm³/mol. The lowest BCUT2D eigenvalue weighted by atomic mass is 10.1. The highest BCUT2D eigenvalue weighted by Crippen LogP contribution is 2.16. The number of piperidine rings is 1. The van der Waals surface area contributed by atoms with Crippen LogP contribution in [0.5, 0.6) is 0 Å². The van der Waals surface area contributed by atoms with Gasteiger partial charge in [-0.2, -0.15) is 0 Å². The fourth-order valence-corrected chi connectivity index (χ4v) is 3.69. The van der Waals surface area contributed by atoms with E-state index >= 15 is 0 Å². The highest BCUT2D eigenvalue weighted by Gasteiger charge is 2.17. The van der Waals surface area contributed by atoms with Crippen molar-refractivity contribution in [1.29, 1.82) is 0 Å². The molecule has 1 aromatic carbocycles. The van der Waals surface area contributed by atoms with Gasteiger partial charge in [-0.1, -0.05) is 6.07 Å². The van der Waals surface area contributed by atoms with Gasteiger partial charge in [0.1, 0.15) is 11.9 Å². The average Bonchev–Trinajstić information content (AvgIpc) is 2.84. The van der Waals surface area contributed by atoms with Gasteiger partial charge in [-0.3, -0.25) is 10.1 Å². The third-order valence-electron chi connectivity index (χ3n) is 5.47. The van der Waals surface area contributed by atoms with Crippen LogP contribution in [0.15, 0.2) is 48.5 Å². The van der Waals surface area contributed by atoms with E-state index in [1.807, 2.05) is 18.2 Å². The Kier molecular flexibility index (Phi) is 9.24. The normalized spacial score (nSPS) is 16.8. The molecule has 2 saturated heterocycles. The first-order valence-corrected chi connectivity index (χ1v) is 11.0. The molecule has 0 aliphatic carbocycles. The Morgan fingerprint density at radius 1 is 1.09 bits per heavy atom. The summed E-state index contributed by atoms with van der Waals surface area (Å²) in [7, 11) is 0. The van der Waals surface area contributed by atoms with Crippen molar-refractivity contribution in [3.63, 3.8) is 0 Å². The van der Waals surface area contributed by atoms with E-state index in [0.717, 1.165) is 50.5 Å². The molecule has 2 aliphatic rings. The van der Waals surface area contributed by atoms with E-state index in [9.17, 15) is 9.59 Å². The molecule has 0 atom stereocenters. The molecular weight excluding hydrogens is 444 g/mol. The molecule has 2 aromatic rings. The number of nitrogens with zero attached hydrogens (tertiary/aromatic N) is 2. The topological polar surface area (TPSA) is 92.8 Å². The van der Waals surface area contributed by atoms with Crippen molar-refractivity contribution in [2.75, 3.05) is 49.6 Å². The standard InChI is InChI=1S/C24H28N4O4.ClH/c29-22(9-8-19-2-1-3-23(26-19)28-14-16-31-17-15-28)18-4-6-20(7-5-18)27-24(30)32-21-10-12-25-13-11-21;/h1-9,21,25H,10-17H2,(H,27,30);1H. The number of allylic oxidation sites excluding steroid dienone is 1. The number of hydrogen-bond acceptors (Lipinski definition) is 7. The van der Waals surface area contributed by atoms with Crippen LogP contribution in [-0.2, 0) is 9.47 Å². The fourth-order valence-electron chi connectivity index (χ4n) is 3.69. The minimum Gasteiger partial charge on any atom is -0.446 e. The van der Waals surface area contributed by atoms with E-state index in [1.54, 1.807) is 30.3 Å². The predicted octanol–water partition coefficient (Wildman–Crippen LogP) is 3.54. The van der Waals surface area contributed by atoms with E-state index in [1.165, 1.54) is 6.08 Å². The number of amides is 1. The number of nitrogens with one attached hydrogen (secondary N) is 2. The minimum absolute atomic E-state index is 0. The van der Waals surface area contributed by atoms with Gasteiger partial charge in [0.15, 0.2) is 5.78 Å². The number of hydrogen-bond donors (Lipinski definition) is 2. The molecule has 176 valence electrons. The number of ketones is 1. The van der Waals surface area contributed by atoms with Gasteiger partial charge < -0.3 is 19.7 Å². The first-order valence-electron chi connectivity index (χ1n) is 11.0. The van der Waals surface area contributed by atoms with Gasteiger partial charge in [0.25, 0.3) is 0 Å². The summed E-state index contributed by atoms with van der Waals surface area (Å²) in [6, 6.07) is 12.5. The number of rotatable bonds is 6. The zero-order valence-electron chi connectivity index (χ0n) is 18.4. The van der Waals surface area contributed by atoms with Crippen molar-refractivity contribution in [3.8, 4) is 0 Å². The number of ether oxygens (including phenoxy) is 2. The molecule has 3 heterocycles. The molecule has 1 amide bonds. The molecule has 2 N–H and O–H groups in total. The summed E-state index contributed by atoms with van der Waals surface area (Å²) in [4.78, 5) is 31.4. The molecule has 4 rings (SSSR count). The molecule has 2 fully saturated rings.